The summed E-state index contributed by atoms with van der Waals surface area (Å²) in [4.78, 5) is 12.5. The molecule has 0 fully saturated rings. The van der Waals surface area contributed by atoms with Gasteiger partial charge in [0.1, 0.15) is 6.33 Å². The number of rotatable bonds is 6. The van der Waals surface area contributed by atoms with Crippen LogP contribution in [0.1, 0.15) is 0 Å². The summed E-state index contributed by atoms with van der Waals surface area (Å²) in [6, 6.07) is 10.5. The fourth-order valence-electron chi connectivity index (χ4n) is 2.21. The first-order chi connectivity index (χ1) is 12.6. The van der Waals surface area contributed by atoms with Crippen LogP contribution in [0, 0.1) is 0 Å². The molecule has 0 saturated carbocycles. The first-order valence-electron chi connectivity index (χ1n) is 7.48. The van der Waals surface area contributed by atoms with E-state index >= 15 is 0 Å². The molecule has 0 bridgehead atoms. The maximum atomic E-state index is 6.00. The molecule has 0 aliphatic heterocycles. The normalized spacial score (nSPS) is 10.3. The largest absolute Gasteiger partial charge is 0.493 e. The Balaban J connectivity index is 1.79. The summed E-state index contributed by atoms with van der Waals surface area (Å²) >= 11 is 12.0. The average Bonchev–Trinajstić information content (AvgIpc) is 2.61. The number of nitrogens with zero attached hydrogens (tertiary/aromatic N) is 3. The summed E-state index contributed by atoms with van der Waals surface area (Å²) in [7, 11) is 3.15. The highest BCUT2D eigenvalue weighted by molar-refractivity contribution is 6.35. The second-order valence-corrected chi connectivity index (χ2v) is 5.98. The van der Waals surface area contributed by atoms with Crippen LogP contribution in [0.2, 0.25) is 10.0 Å². The van der Waals surface area contributed by atoms with Crippen molar-refractivity contribution in [2.45, 2.75) is 0 Å². The summed E-state index contributed by atoms with van der Waals surface area (Å²) in [6.45, 7) is 0. The molecule has 2 aromatic carbocycles. The number of methoxy groups -OCH3 is 2. The molecular weight excluding hydrogens is 377 g/mol. The van der Waals surface area contributed by atoms with E-state index in [1.165, 1.54) is 6.33 Å². The van der Waals surface area contributed by atoms with Gasteiger partial charge in [-0.15, -0.1) is 0 Å². The van der Waals surface area contributed by atoms with Crippen LogP contribution in [-0.2, 0) is 0 Å². The summed E-state index contributed by atoms with van der Waals surface area (Å²) in [5.41, 5.74) is 1.41. The van der Waals surface area contributed by atoms with Crippen LogP contribution in [-0.4, -0.2) is 29.2 Å². The molecule has 134 valence electrons. The van der Waals surface area contributed by atoms with Gasteiger partial charge in [0.05, 0.1) is 14.2 Å². The van der Waals surface area contributed by atoms with E-state index < -0.39 is 0 Å². The van der Waals surface area contributed by atoms with Crippen molar-refractivity contribution in [3.05, 3.63) is 52.8 Å². The van der Waals surface area contributed by atoms with E-state index in [0.717, 1.165) is 5.69 Å². The molecule has 7 nitrogen and oxygen atoms in total. The van der Waals surface area contributed by atoms with Crippen LogP contribution in [0.5, 0.6) is 11.5 Å². The zero-order valence-electron chi connectivity index (χ0n) is 14.0. The van der Waals surface area contributed by atoms with E-state index in [9.17, 15) is 0 Å². The molecule has 9 heteroatoms. The van der Waals surface area contributed by atoms with Crippen molar-refractivity contribution in [1.82, 2.24) is 15.0 Å². The lowest BCUT2D eigenvalue weighted by Gasteiger charge is -2.11. The van der Waals surface area contributed by atoms with E-state index in [0.29, 0.717) is 39.1 Å². The minimum Gasteiger partial charge on any atom is -0.493 e. The topological polar surface area (TPSA) is 81.2 Å². The Morgan fingerprint density at radius 1 is 0.769 bits per heavy atom. The van der Waals surface area contributed by atoms with Crippen molar-refractivity contribution in [1.29, 1.82) is 0 Å². The molecule has 0 saturated heterocycles. The lowest BCUT2D eigenvalue weighted by Crippen LogP contribution is -2.03. The number of anilines is 4. The third kappa shape index (κ3) is 4.44. The van der Waals surface area contributed by atoms with Gasteiger partial charge >= 0.3 is 0 Å². The van der Waals surface area contributed by atoms with Crippen LogP contribution in [0.3, 0.4) is 0 Å². The van der Waals surface area contributed by atoms with Gasteiger partial charge in [-0.2, -0.15) is 4.98 Å². The van der Waals surface area contributed by atoms with Crippen molar-refractivity contribution in [3.63, 3.8) is 0 Å². The van der Waals surface area contributed by atoms with Gasteiger partial charge in [0.25, 0.3) is 0 Å². The highest BCUT2D eigenvalue weighted by Crippen LogP contribution is 2.30. The maximum Gasteiger partial charge on any atom is 0.232 e. The Labute approximate surface area is 160 Å². The van der Waals surface area contributed by atoms with Crippen LogP contribution < -0.4 is 20.1 Å². The second kappa shape index (κ2) is 8.07. The van der Waals surface area contributed by atoms with E-state index in [4.69, 9.17) is 32.7 Å². The highest BCUT2D eigenvalue weighted by Gasteiger charge is 2.07. The van der Waals surface area contributed by atoms with Gasteiger partial charge in [0, 0.05) is 27.5 Å². The molecule has 2 N–H and O–H groups in total. The van der Waals surface area contributed by atoms with Crippen LogP contribution in [0.25, 0.3) is 0 Å². The molecule has 3 rings (SSSR count). The van der Waals surface area contributed by atoms with Gasteiger partial charge in [-0.1, -0.05) is 23.2 Å². The molecule has 0 amide bonds. The third-order valence-corrected chi connectivity index (χ3v) is 3.77. The summed E-state index contributed by atoms with van der Waals surface area (Å²) < 4.78 is 10.5. The maximum absolute atomic E-state index is 6.00. The quantitative estimate of drug-likeness (QED) is 0.630. The van der Waals surface area contributed by atoms with Gasteiger partial charge < -0.3 is 20.1 Å². The summed E-state index contributed by atoms with van der Waals surface area (Å²) in [5.74, 6) is 1.94. The molecule has 3 aromatic rings. The van der Waals surface area contributed by atoms with Crippen molar-refractivity contribution in [3.8, 4) is 11.5 Å². The fourth-order valence-corrected chi connectivity index (χ4v) is 2.74. The van der Waals surface area contributed by atoms with E-state index in [1.807, 2.05) is 6.07 Å². The minimum atomic E-state index is 0.348. The standard InChI is InChI=1S/C17H15Cl2N5O2/c1-25-14-4-3-12(8-15(14)26-2)22-16-20-9-21-17(24-16)23-13-6-10(18)5-11(19)7-13/h3-9H,1-2H3,(H2,20,21,22,23,24). The van der Waals surface area contributed by atoms with Gasteiger partial charge in [0.2, 0.25) is 11.9 Å². The second-order valence-electron chi connectivity index (χ2n) is 5.11. The number of nitrogens with one attached hydrogen (secondary N) is 2. The number of aromatic nitrogens is 3. The SMILES string of the molecule is COc1ccc(Nc2ncnc(Nc3cc(Cl)cc(Cl)c3)n2)cc1OC. The third-order valence-electron chi connectivity index (χ3n) is 3.33. The first kappa shape index (κ1) is 18.0. The predicted octanol–water partition coefficient (Wildman–Crippen LogP) is 4.68. The van der Waals surface area contributed by atoms with Gasteiger partial charge in [-0.05, 0) is 30.3 Å². The van der Waals surface area contributed by atoms with Crippen molar-refractivity contribution >= 4 is 46.5 Å². The number of hydrogen-bond acceptors (Lipinski definition) is 7. The molecule has 0 unspecified atom stereocenters. The Bertz CT molecular complexity index is 903. The molecule has 0 aliphatic carbocycles. The number of hydrogen-bond donors (Lipinski definition) is 2. The van der Waals surface area contributed by atoms with Crippen LogP contribution in [0.15, 0.2) is 42.7 Å². The van der Waals surface area contributed by atoms with Crippen molar-refractivity contribution < 1.29 is 9.47 Å². The minimum absolute atomic E-state index is 0.348. The Hall–Kier alpha value is -2.77. The van der Waals surface area contributed by atoms with Crippen LogP contribution in [0.4, 0.5) is 23.3 Å². The summed E-state index contributed by atoms with van der Waals surface area (Å²) in [6.07, 6.45) is 1.39. The molecule has 0 radical (unpaired) electrons. The predicted molar refractivity (Wildman–Crippen MR) is 102 cm³/mol. The molecule has 0 atom stereocenters. The van der Waals surface area contributed by atoms with Gasteiger partial charge in [-0.3, -0.25) is 0 Å². The molecule has 1 heterocycles. The number of halogens is 2. The van der Waals surface area contributed by atoms with E-state index in [1.54, 1.807) is 44.6 Å². The Morgan fingerprint density at radius 2 is 1.38 bits per heavy atom. The Morgan fingerprint density at radius 3 is 2.00 bits per heavy atom. The number of benzene rings is 2. The smallest absolute Gasteiger partial charge is 0.232 e. The highest BCUT2D eigenvalue weighted by atomic mass is 35.5. The first-order valence-corrected chi connectivity index (χ1v) is 8.24. The molecular formula is C17H15Cl2N5O2. The zero-order valence-corrected chi connectivity index (χ0v) is 15.5. The van der Waals surface area contributed by atoms with E-state index in [2.05, 4.69) is 25.6 Å². The average molecular weight is 392 g/mol. The zero-order chi connectivity index (χ0) is 18.5. The monoisotopic (exact) mass is 391 g/mol. The van der Waals surface area contributed by atoms with Crippen LogP contribution >= 0.6 is 23.2 Å². The number of ether oxygens (including phenoxy) is 2. The van der Waals surface area contributed by atoms with Gasteiger partial charge in [0.15, 0.2) is 11.5 Å². The summed E-state index contributed by atoms with van der Waals surface area (Å²) in [5, 5.41) is 7.15. The molecule has 0 aliphatic rings. The van der Waals surface area contributed by atoms with E-state index in [-0.39, 0.29) is 0 Å². The Kier molecular flexibility index (Phi) is 5.60. The fraction of sp³-hybridized carbons (Fsp3) is 0.118. The molecule has 1 aromatic heterocycles. The van der Waals surface area contributed by atoms with Gasteiger partial charge in [-0.25, -0.2) is 9.97 Å². The molecule has 0 spiro atoms. The molecule has 26 heavy (non-hydrogen) atoms. The lowest BCUT2D eigenvalue weighted by molar-refractivity contribution is 0.355. The lowest BCUT2D eigenvalue weighted by atomic mass is 10.3. The van der Waals surface area contributed by atoms with Crippen molar-refractivity contribution in [2.24, 2.45) is 0 Å². The van der Waals surface area contributed by atoms with Crippen molar-refractivity contribution in [2.75, 3.05) is 24.9 Å².